The van der Waals surface area contributed by atoms with Gasteiger partial charge in [-0.2, -0.15) is 9.50 Å². The van der Waals surface area contributed by atoms with E-state index in [0.717, 1.165) is 121 Å². The average molecular weight is 637 g/mol. The van der Waals surface area contributed by atoms with Gasteiger partial charge in [0.1, 0.15) is 36.1 Å². The van der Waals surface area contributed by atoms with Crippen molar-refractivity contribution in [2.75, 3.05) is 66.3 Å². The lowest BCUT2D eigenvalue weighted by molar-refractivity contribution is 0.191. The first-order valence-electron chi connectivity index (χ1n) is 15.1. The van der Waals surface area contributed by atoms with Crippen LogP contribution in [0.4, 0.5) is 17.5 Å². The third kappa shape index (κ3) is 5.87. The first-order chi connectivity index (χ1) is 20.8. The van der Waals surface area contributed by atoms with E-state index in [1.165, 1.54) is 16.7 Å². The summed E-state index contributed by atoms with van der Waals surface area (Å²) in [4.78, 5) is 17.8. The Balaban J connectivity index is 0.992. The Hall–Kier alpha value is -2.44. The largest absolute Gasteiger partial charge is 0.616 e. The minimum atomic E-state index is -0.686. The zero-order valence-electron chi connectivity index (χ0n) is 24.6. The summed E-state index contributed by atoms with van der Waals surface area (Å²) in [7, 11) is 5.00. The van der Waals surface area contributed by atoms with E-state index in [9.17, 15) is 4.55 Å². The number of benzene rings is 1. The van der Waals surface area contributed by atoms with Crippen molar-refractivity contribution in [3.8, 4) is 5.75 Å². The van der Waals surface area contributed by atoms with E-state index < -0.39 is 11.2 Å². The number of ether oxygens (including phenoxy) is 1. The molecule has 1 aliphatic carbocycles. The van der Waals surface area contributed by atoms with Gasteiger partial charge in [-0.25, -0.2) is 4.98 Å². The van der Waals surface area contributed by atoms with Crippen LogP contribution in [-0.4, -0.2) is 93.8 Å². The molecule has 0 radical (unpaired) electrons. The Kier molecular flexibility index (Phi) is 8.28. The monoisotopic (exact) mass is 636 g/mol. The lowest BCUT2D eigenvalue weighted by atomic mass is 9.92. The van der Waals surface area contributed by atoms with Crippen molar-refractivity contribution in [1.82, 2.24) is 24.5 Å². The first kappa shape index (κ1) is 29.3. The fourth-order valence-corrected chi connectivity index (χ4v) is 9.05. The molecule has 1 atom stereocenters. The molecule has 0 amide bonds. The van der Waals surface area contributed by atoms with Crippen LogP contribution in [0.2, 0.25) is 0 Å². The van der Waals surface area contributed by atoms with Gasteiger partial charge in [-0.15, -0.1) is 14.3 Å². The number of aromatic nitrogens is 4. The second kappa shape index (κ2) is 12.2. The van der Waals surface area contributed by atoms with Crippen LogP contribution in [0.3, 0.4) is 0 Å². The summed E-state index contributed by atoms with van der Waals surface area (Å²) in [5, 5.41) is 6.71. The van der Waals surface area contributed by atoms with Gasteiger partial charge in [0.2, 0.25) is 5.95 Å². The SMILES string of the molecule is Bc1cc(P)c(OC2CC[S+]([O-])CC2)cc1N1CCN(CCN2C(=C)Sc3c2nc(N)n2nc(C4=CCCC4)nc32)CC1. The maximum Gasteiger partial charge on any atom is 0.225 e. The Morgan fingerprint density at radius 3 is 2.70 bits per heavy atom. The van der Waals surface area contributed by atoms with Crippen LogP contribution in [-0.2, 0) is 11.2 Å². The normalized spacial score (nSPS) is 22.8. The third-order valence-corrected chi connectivity index (χ3v) is 11.7. The highest BCUT2D eigenvalue weighted by Crippen LogP contribution is 2.46. The summed E-state index contributed by atoms with van der Waals surface area (Å²) in [6.45, 7) is 9.90. The smallest absolute Gasteiger partial charge is 0.225 e. The van der Waals surface area contributed by atoms with Crippen LogP contribution in [0.5, 0.6) is 5.75 Å². The lowest BCUT2D eigenvalue weighted by Crippen LogP contribution is -2.49. The molecular formula is C29H38BN8O2PS2. The molecule has 2 N–H and O–H groups in total. The van der Waals surface area contributed by atoms with Crippen molar-refractivity contribution in [2.45, 2.75) is 43.1 Å². The van der Waals surface area contributed by atoms with E-state index in [-0.39, 0.29) is 6.10 Å². The highest BCUT2D eigenvalue weighted by molar-refractivity contribution is 8.03. The van der Waals surface area contributed by atoms with Gasteiger partial charge >= 0.3 is 0 Å². The molecule has 7 rings (SSSR count). The summed E-state index contributed by atoms with van der Waals surface area (Å²) in [6.07, 6.45) is 7.32. The molecule has 14 heteroatoms. The van der Waals surface area contributed by atoms with Crippen molar-refractivity contribution in [1.29, 1.82) is 0 Å². The lowest BCUT2D eigenvalue weighted by Gasteiger charge is -2.38. The second-order valence-electron chi connectivity index (χ2n) is 11.7. The van der Waals surface area contributed by atoms with Gasteiger partial charge in [-0.3, -0.25) is 4.90 Å². The van der Waals surface area contributed by atoms with Gasteiger partial charge in [0.05, 0.1) is 5.03 Å². The van der Waals surface area contributed by atoms with Gasteiger partial charge in [-0.1, -0.05) is 47.1 Å². The molecule has 0 saturated carbocycles. The van der Waals surface area contributed by atoms with Gasteiger partial charge in [0, 0.05) is 69.2 Å². The molecule has 2 saturated heterocycles. The molecule has 226 valence electrons. The average Bonchev–Trinajstić information content (AvgIpc) is 3.75. The fourth-order valence-electron chi connectivity index (χ4n) is 6.40. The standard InChI is InChI=1S/C29H38BN8O2PS2/c1-18-37(27-25(42-18)28-32-26(19-4-2-3-5-19)34-38(28)29(31)33-27)13-10-35-8-11-36(12-9-35)22-17-23(24(41)16-21(22)30)40-20-6-14-43(39)15-7-20/h4,16-17,20H,1-3,5-15,30,41H2,(H2,31,33). The summed E-state index contributed by atoms with van der Waals surface area (Å²) in [5.41, 5.74) is 10.8. The number of anilines is 3. The predicted molar refractivity (Wildman–Crippen MR) is 184 cm³/mol. The molecule has 3 aliphatic heterocycles. The maximum absolute atomic E-state index is 11.8. The van der Waals surface area contributed by atoms with E-state index in [4.69, 9.17) is 20.4 Å². The number of rotatable bonds is 7. The first-order valence-corrected chi connectivity index (χ1v) is 18.0. The minimum absolute atomic E-state index is 0.144. The van der Waals surface area contributed by atoms with Crippen molar-refractivity contribution >= 4 is 79.5 Å². The van der Waals surface area contributed by atoms with Crippen LogP contribution in [0.1, 0.15) is 37.9 Å². The molecule has 43 heavy (non-hydrogen) atoms. The quantitative estimate of drug-likeness (QED) is 0.233. The Morgan fingerprint density at radius 1 is 1.16 bits per heavy atom. The Bertz CT molecular complexity index is 1590. The molecule has 4 aliphatic rings. The zero-order valence-corrected chi connectivity index (χ0v) is 27.4. The van der Waals surface area contributed by atoms with Gasteiger partial charge in [0.25, 0.3) is 0 Å². The van der Waals surface area contributed by atoms with Crippen molar-refractivity contribution < 1.29 is 9.29 Å². The van der Waals surface area contributed by atoms with E-state index in [0.29, 0.717) is 5.95 Å². The van der Waals surface area contributed by atoms with Crippen molar-refractivity contribution in [3.63, 3.8) is 0 Å². The van der Waals surface area contributed by atoms with E-state index in [1.807, 2.05) is 0 Å². The molecular weight excluding hydrogens is 598 g/mol. The molecule has 0 spiro atoms. The third-order valence-electron chi connectivity index (χ3n) is 8.87. The highest BCUT2D eigenvalue weighted by Gasteiger charge is 2.32. The number of nitrogens with zero attached hydrogens (tertiary/aromatic N) is 7. The van der Waals surface area contributed by atoms with Gasteiger partial charge < -0.3 is 24.8 Å². The second-order valence-corrected chi connectivity index (χ2v) is 15.1. The fraction of sp³-hybridized carbons (Fsp3) is 0.483. The number of allylic oxidation sites excluding steroid dienone is 2. The van der Waals surface area contributed by atoms with Crippen molar-refractivity contribution in [2.24, 2.45) is 0 Å². The molecule has 3 aromatic rings. The number of hydrogen-bond acceptors (Lipinski definition) is 10. The topological polar surface area (TPSA) is 111 Å². The molecule has 1 unspecified atom stereocenters. The number of thioether (sulfide) groups is 1. The predicted octanol–water partition coefficient (Wildman–Crippen LogP) is 1.53. The summed E-state index contributed by atoms with van der Waals surface area (Å²) < 4.78 is 19.9. The zero-order chi connectivity index (χ0) is 29.7. The van der Waals surface area contributed by atoms with E-state index in [2.05, 4.69) is 61.7 Å². The van der Waals surface area contributed by atoms with E-state index >= 15 is 0 Å². The summed E-state index contributed by atoms with van der Waals surface area (Å²) in [5.74, 6) is 4.35. The van der Waals surface area contributed by atoms with Crippen LogP contribution in [0.25, 0.3) is 11.2 Å². The van der Waals surface area contributed by atoms with Gasteiger partial charge in [0.15, 0.2) is 17.3 Å². The van der Waals surface area contributed by atoms with Crippen LogP contribution in [0, 0.1) is 0 Å². The van der Waals surface area contributed by atoms with Gasteiger partial charge in [-0.05, 0) is 24.8 Å². The Labute approximate surface area is 263 Å². The van der Waals surface area contributed by atoms with Crippen LogP contribution < -0.4 is 31.0 Å². The highest BCUT2D eigenvalue weighted by atomic mass is 32.2. The number of hydrogen-bond donors (Lipinski definition) is 1. The molecule has 0 bridgehead atoms. The minimum Gasteiger partial charge on any atom is -0.616 e. The van der Waals surface area contributed by atoms with E-state index in [1.54, 1.807) is 16.3 Å². The number of piperazine rings is 1. The summed E-state index contributed by atoms with van der Waals surface area (Å²) >= 11 is 0.923. The van der Waals surface area contributed by atoms with Crippen molar-refractivity contribution in [3.05, 3.63) is 35.6 Å². The molecule has 10 nitrogen and oxygen atoms in total. The molecule has 2 aromatic heterocycles. The number of nitrogens with two attached hydrogens (primary N) is 1. The number of nitrogen functional groups attached to an aromatic ring is 1. The van der Waals surface area contributed by atoms with Crippen LogP contribution in [0.15, 0.2) is 34.7 Å². The summed E-state index contributed by atoms with van der Waals surface area (Å²) in [6, 6.07) is 4.41. The molecule has 1 aromatic carbocycles. The Morgan fingerprint density at radius 2 is 1.95 bits per heavy atom. The maximum atomic E-state index is 11.8. The molecule has 2 fully saturated rings. The molecule has 5 heterocycles. The number of fused-ring (bicyclic) bond motifs is 3. The van der Waals surface area contributed by atoms with Crippen LogP contribution >= 0.6 is 21.0 Å².